The van der Waals surface area contributed by atoms with E-state index in [2.05, 4.69) is 4.72 Å². The molecule has 0 amide bonds. The minimum absolute atomic E-state index is 0.163. The van der Waals surface area contributed by atoms with Gasteiger partial charge in [-0.25, -0.2) is 13.1 Å². The van der Waals surface area contributed by atoms with Gasteiger partial charge >= 0.3 is 0 Å². The van der Waals surface area contributed by atoms with E-state index in [0.717, 1.165) is 5.39 Å². The monoisotopic (exact) mass is 375 g/mol. The molecule has 138 valence electrons. The first-order valence-corrected chi connectivity index (χ1v) is 9.74. The lowest BCUT2D eigenvalue weighted by molar-refractivity contribution is 0.336. The van der Waals surface area contributed by atoms with E-state index < -0.39 is 16.1 Å². The van der Waals surface area contributed by atoms with Gasteiger partial charge in [0.2, 0.25) is 10.0 Å². The first-order valence-electron chi connectivity index (χ1n) is 8.26. The van der Waals surface area contributed by atoms with Gasteiger partial charge in [-0.3, -0.25) is 0 Å². The summed E-state index contributed by atoms with van der Waals surface area (Å²) < 4.78 is 44.3. The maximum Gasteiger partial charge on any atom is 0.241 e. The average molecular weight is 375 g/mol. The molecule has 3 aromatic rings. The summed E-state index contributed by atoms with van der Waals surface area (Å²) in [5.41, 5.74) is 0.611. The Morgan fingerprint density at radius 3 is 2.54 bits per heavy atom. The van der Waals surface area contributed by atoms with Crippen molar-refractivity contribution in [3.63, 3.8) is 0 Å². The van der Waals surface area contributed by atoms with Crippen molar-refractivity contribution in [3.05, 3.63) is 54.3 Å². The molecular formula is C19H21NO5S. The van der Waals surface area contributed by atoms with E-state index in [1.807, 2.05) is 31.2 Å². The summed E-state index contributed by atoms with van der Waals surface area (Å²) in [6.45, 7) is 4.15. The quantitative estimate of drug-likeness (QED) is 0.678. The Bertz CT molecular complexity index is 992. The number of hydrogen-bond donors (Lipinski definition) is 1. The Kier molecular flexibility index (Phi) is 5.20. The standard InChI is InChI=1S/C19H21NO5S/c1-4-24-17-7-5-6-14-12-18(25-19(14)17)13(2)20-26(21,22)16-10-8-15(23-3)9-11-16/h5-13,20H,4H2,1-3H3/t13-/m0/s1. The van der Waals surface area contributed by atoms with Crippen LogP contribution in [0.2, 0.25) is 0 Å². The number of fused-ring (bicyclic) bond motifs is 1. The molecule has 0 aliphatic heterocycles. The highest BCUT2D eigenvalue weighted by molar-refractivity contribution is 7.89. The summed E-state index contributed by atoms with van der Waals surface area (Å²) in [6, 6.07) is 13.1. The van der Waals surface area contributed by atoms with Crippen molar-refractivity contribution < 1.29 is 22.3 Å². The zero-order valence-electron chi connectivity index (χ0n) is 14.9. The summed E-state index contributed by atoms with van der Waals surface area (Å²) >= 11 is 0. The van der Waals surface area contributed by atoms with Gasteiger partial charge in [0.1, 0.15) is 11.5 Å². The van der Waals surface area contributed by atoms with Crippen LogP contribution in [0.15, 0.2) is 57.8 Å². The van der Waals surface area contributed by atoms with Gasteiger partial charge in [0.05, 0.1) is 24.7 Å². The molecule has 0 unspecified atom stereocenters. The van der Waals surface area contributed by atoms with Gasteiger partial charge in [-0.05, 0) is 50.2 Å². The minimum Gasteiger partial charge on any atom is -0.497 e. The molecule has 1 heterocycles. The second kappa shape index (κ2) is 7.39. The summed E-state index contributed by atoms with van der Waals surface area (Å²) in [5.74, 6) is 1.75. The van der Waals surface area contributed by atoms with Crippen LogP contribution in [-0.4, -0.2) is 22.1 Å². The zero-order valence-corrected chi connectivity index (χ0v) is 15.7. The third kappa shape index (κ3) is 3.68. The van der Waals surface area contributed by atoms with Gasteiger partial charge in [0.25, 0.3) is 0 Å². The topological polar surface area (TPSA) is 77.8 Å². The number of nitrogens with one attached hydrogen (secondary N) is 1. The maximum absolute atomic E-state index is 12.6. The van der Waals surface area contributed by atoms with Crippen LogP contribution in [0.5, 0.6) is 11.5 Å². The minimum atomic E-state index is -3.69. The molecule has 0 bridgehead atoms. The normalized spacial score (nSPS) is 12.9. The fraction of sp³-hybridized carbons (Fsp3) is 0.263. The first kappa shape index (κ1) is 18.3. The van der Waals surface area contributed by atoms with Crippen molar-refractivity contribution in [3.8, 4) is 11.5 Å². The first-order chi connectivity index (χ1) is 12.4. The van der Waals surface area contributed by atoms with E-state index in [0.29, 0.717) is 29.4 Å². The van der Waals surface area contributed by atoms with Crippen molar-refractivity contribution in [2.45, 2.75) is 24.8 Å². The fourth-order valence-corrected chi connectivity index (χ4v) is 3.86. The predicted octanol–water partition coefficient (Wildman–Crippen LogP) is 3.88. The number of benzene rings is 2. The van der Waals surface area contributed by atoms with E-state index >= 15 is 0 Å². The second-order valence-corrected chi connectivity index (χ2v) is 7.49. The Balaban J connectivity index is 1.85. The van der Waals surface area contributed by atoms with Crippen molar-refractivity contribution in [2.24, 2.45) is 0 Å². The van der Waals surface area contributed by atoms with Gasteiger partial charge in [-0.1, -0.05) is 12.1 Å². The van der Waals surface area contributed by atoms with Crippen molar-refractivity contribution in [1.29, 1.82) is 0 Å². The molecule has 0 aliphatic carbocycles. The third-order valence-corrected chi connectivity index (χ3v) is 5.51. The number of rotatable bonds is 7. The van der Waals surface area contributed by atoms with Crippen molar-refractivity contribution >= 4 is 21.0 Å². The van der Waals surface area contributed by atoms with Gasteiger partial charge in [-0.2, -0.15) is 0 Å². The maximum atomic E-state index is 12.6. The zero-order chi connectivity index (χ0) is 18.7. The molecule has 3 rings (SSSR count). The van der Waals surface area contributed by atoms with Crippen LogP contribution in [0.25, 0.3) is 11.0 Å². The van der Waals surface area contributed by atoms with Crippen LogP contribution in [-0.2, 0) is 10.0 Å². The number of para-hydroxylation sites is 1. The number of methoxy groups -OCH3 is 1. The van der Waals surface area contributed by atoms with E-state index in [1.54, 1.807) is 19.1 Å². The van der Waals surface area contributed by atoms with Crippen molar-refractivity contribution in [1.82, 2.24) is 4.72 Å². The average Bonchev–Trinajstić information content (AvgIpc) is 3.07. The number of hydrogen-bond acceptors (Lipinski definition) is 5. The molecule has 26 heavy (non-hydrogen) atoms. The molecule has 0 spiro atoms. The molecule has 1 N–H and O–H groups in total. The van der Waals surface area contributed by atoms with E-state index in [1.165, 1.54) is 19.2 Å². The van der Waals surface area contributed by atoms with Crippen LogP contribution in [0.3, 0.4) is 0 Å². The largest absolute Gasteiger partial charge is 0.497 e. The molecule has 1 aromatic heterocycles. The van der Waals surface area contributed by atoms with Gasteiger partial charge < -0.3 is 13.9 Å². The van der Waals surface area contributed by atoms with E-state index in [4.69, 9.17) is 13.9 Å². The van der Waals surface area contributed by atoms with Crippen LogP contribution < -0.4 is 14.2 Å². The SMILES string of the molecule is CCOc1cccc2cc([C@H](C)NS(=O)(=O)c3ccc(OC)cc3)oc12. The molecule has 2 aromatic carbocycles. The fourth-order valence-electron chi connectivity index (χ4n) is 2.65. The van der Waals surface area contributed by atoms with Gasteiger partial charge in [-0.15, -0.1) is 0 Å². The lowest BCUT2D eigenvalue weighted by Gasteiger charge is -2.12. The molecule has 0 radical (unpaired) electrons. The highest BCUT2D eigenvalue weighted by Gasteiger charge is 2.21. The van der Waals surface area contributed by atoms with Gasteiger partial charge in [0.15, 0.2) is 11.3 Å². The molecular weight excluding hydrogens is 354 g/mol. The van der Waals surface area contributed by atoms with E-state index in [-0.39, 0.29) is 4.90 Å². The van der Waals surface area contributed by atoms with Crippen molar-refractivity contribution in [2.75, 3.05) is 13.7 Å². The number of sulfonamides is 1. The van der Waals surface area contributed by atoms with Gasteiger partial charge in [0, 0.05) is 5.39 Å². The highest BCUT2D eigenvalue weighted by atomic mass is 32.2. The molecule has 7 heteroatoms. The molecule has 0 saturated carbocycles. The Hall–Kier alpha value is -2.51. The molecule has 6 nitrogen and oxygen atoms in total. The molecule has 0 aliphatic rings. The third-order valence-electron chi connectivity index (χ3n) is 3.96. The smallest absolute Gasteiger partial charge is 0.241 e. The van der Waals surface area contributed by atoms with Crippen LogP contribution in [0.1, 0.15) is 25.6 Å². The lowest BCUT2D eigenvalue weighted by atomic mass is 10.2. The lowest BCUT2D eigenvalue weighted by Crippen LogP contribution is -2.26. The molecule has 0 saturated heterocycles. The second-order valence-electron chi connectivity index (χ2n) is 5.77. The summed E-state index contributed by atoms with van der Waals surface area (Å²) in [5, 5.41) is 0.862. The summed E-state index contributed by atoms with van der Waals surface area (Å²) in [6.07, 6.45) is 0. The Morgan fingerprint density at radius 2 is 1.88 bits per heavy atom. The summed E-state index contributed by atoms with van der Waals surface area (Å²) in [4.78, 5) is 0.163. The Labute approximate surface area is 152 Å². The predicted molar refractivity (Wildman–Crippen MR) is 99.1 cm³/mol. The number of ether oxygens (including phenoxy) is 2. The van der Waals surface area contributed by atoms with E-state index in [9.17, 15) is 8.42 Å². The number of furan rings is 1. The van der Waals surface area contributed by atoms with Crippen LogP contribution in [0, 0.1) is 0 Å². The van der Waals surface area contributed by atoms with Crippen LogP contribution >= 0.6 is 0 Å². The molecule has 0 fully saturated rings. The Morgan fingerprint density at radius 1 is 1.15 bits per heavy atom. The molecule has 1 atom stereocenters. The van der Waals surface area contributed by atoms with Crippen LogP contribution in [0.4, 0.5) is 0 Å². The highest BCUT2D eigenvalue weighted by Crippen LogP contribution is 2.31. The summed E-state index contributed by atoms with van der Waals surface area (Å²) in [7, 11) is -2.16.